The molecule has 2 aromatic heterocycles. The molecule has 1 N–H and O–H groups in total. The Labute approximate surface area is 86.9 Å². The maximum Gasteiger partial charge on any atom is 0.251 e. The van der Waals surface area contributed by atoms with Gasteiger partial charge in [-0.25, -0.2) is 4.52 Å². The number of carbonyl (C=O) groups is 1. The van der Waals surface area contributed by atoms with Gasteiger partial charge in [0.2, 0.25) is 0 Å². The Morgan fingerprint density at radius 3 is 3.13 bits per heavy atom. The monoisotopic (exact) mass is 201 g/mol. The fourth-order valence-corrected chi connectivity index (χ4v) is 1.56. The van der Waals surface area contributed by atoms with Crippen LogP contribution >= 0.6 is 0 Å². The molecular formula is C11H11N3O. The molecule has 2 heterocycles. The average molecular weight is 201 g/mol. The molecular weight excluding hydrogens is 190 g/mol. The molecule has 4 nitrogen and oxygen atoms in total. The molecule has 1 aliphatic rings. The van der Waals surface area contributed by atoms with E-state index in [1.165, 1.54) is 0 Å². The first-order valence-corrected chi connectivity index (χ1v) is 5.07. The van der Waals surface area contributed by atoms with Crippen molar-refractivity contribution < 1.29 is 4.79 Å². The fraction of sp³-hybridized carbons (Fsp3) is 0.273. The van der Waals surface area contributed by atoms with Crippen LogP contribution < -0.4 is 5.32 Å². The molecule has 1 aliphatic carbocycles. The minimum Gasteiger partial charge on any atom is -0.349 e. The van der Waals surface area contributed by atoms with Crippen LogP contribution in [-0.4, -0.2) is 21.6 Å². The maximum absolute atomic E-state index is 11.7. The molecule has 0 aliphatic heterocycles. The number of pyridine rings is 1. The molecule has 4 heteroatoms. The van der Waals surface area contributed by atoms with E-state index < -0.39 is 0 Å². The molecule has 0 spiro atoms. The minimum absolute atomic E-state index is 0.0150. The van der Waals surface area contributed by atoms with Crippen LogP contribution in [0.1, 0.15) is 23.2 Å². The Hall–Kier alpha value is -1.84. The average Bonchev–Trinajstić information content (AvgIpc) is 2.94. The van der Waals surface area contributed by atoms with Gasteiger partial charge in [-0.3, -0.25) is 4.79 Å². The van der Waals surface area contributed by atoms with Crippen LogP contribution in [0.25, 0.3) is 5.52 Å². The Morgan fingerprint density at radius 2 is 2.33 bits per heavy atom. The van der Waals surface area contributed by atoms with Gasteiger partial charge in [0.25, 0.3) is 5.91 Å². The highest BCUT2D eigenvalue weighted by Crippen LogP contribution is 2.19. The number of nitrogens with zero attached hydrogens (tertiary/aromatic N) is 2. The smallest absolute Gasteiger partial charge is 0.251 e. The molecule has 0 aromatic carbocycles. The molecule has 1 fully saturated rings. The predicted octanol–water partition coefficient (Wildman–Crippen LogP) is 1.23. The molecule has 1 saturated carbocycles. The van der Waals surface area contributed by atoms with Crippen molar-refractivity contribution in [1.82, 2.24) is 14.9 Å². The van der Waals surface area contributed by atoms with Crippen molar-refractivity contribution in [3.63, 3.8) is 0 Å². The van der Waals surface area contributed by atoms with Crippen molar-refractivity contribution in [1.29, 1.82) is 0 Å². The van der Waals surface area contributed by atoms with Crippen molar-refractivity contribution in [2.75, 3.05) is 0 Å². The number of rotatable bonds is 2. The SMILES string of the molecule is O=C(NC1CC1)c1ccn2nccc2c1. The highest BCUT2D eigenvalue weighted by molar-refractivity contribution is 5.95. The van der Waals surface area contributed by atoms with Gasteiger partial charge >= 0.3 is 0 Å². The zero-order chi connectivity index (χ0) is 10.3. The summed E-state index contributed by atoms with van der Waals surface area (Å²) in [5, 5.41) is 7.04. The van der Waals surface area contributed by atoms with Crippen LogP contribution in [0.2, 0.25) is 0 Å². The summed E-state index contributed by atoms with van der Waals surface area (Å²) in [5.74, 6) is 0.0150. The van der Waals surface area contributed by atoms with Crippen LogP contribution in [0, 0.1) is 0 Å². The van der Waals surface area contributed by atoms with Gasteiger partial charge in [0.1, 0.15) is 0 Å². The van der Waals surface area contributed by atoms with Crippen LogP contribution in [0.4, 0.5) is 0 Å². The van der Waals surface area contributed by atoms with E-state index in [4.69, 9.17) is 0 Å². The van der Waals surface area contributed by atoms with Crippen LogP contribution in [0.5, 0.6) is 0 Å². The van der Waals surface area contributed by atoms with E-state index in [-0.39, 0.29) is 5.91 Å². The van der Waals surface area contributed by atoms with E-state index in [1.807, 2.05) is 12.1 Å². The summed E-state index contributed by atoms with van der Waals surface area (Å²) in [7, 11) is 0. The van der Waals surface area contributed by atoms with Crippen molar-refractivity contribution in [2.45, 2.75) is 18.9 Å². The van der Waals surface area contributed by atoms with Crippen molar-refractivity contribution >= 4 is 11.4 Å². The van der Waals surface area contributed by atoms with E-state index in [0.29, 0.717) is 11.6 Å². The van der Waals surface area contributed by atoms with Crippen LogP contribution in [0.15, 0.2) is 30.6 Å². The molecule has 1 amide bonds. The second kappa shape index (κ2) is 3.08. The van der Waals surface area contributed by atoms with Crippen LogP contribution in [-0.2, 0) is 0 Å². The summed E-state index contributed by atoms with van der Waals surface area (Å²) in [6.07, 6.45) is 5.75. The summed E-state index contributed by atoms with van der Waals surface area (Å²) in [5.41, 5.74) is 1.65. The molecule has 15 heavy (non-hydrogen) atoms. The lowest BCUT2D eigenvalue weighted by Gasteiger charge is -2.03. The van der Waals surface area contributed by atoms with E-state index in [2.05, 4.69) is 10.4 Å². The maximum atomic E-state index is 11.7. The lowest BCUT2D eigenvalue weighted by Crippen LogP contribution is -2.25. The van der Waals surface area contributed by atoms with Crippen molar-refractivity contribution in [3.05, 3.63) is 36.2 Å². The molecule has 0 atom stereocenters. The lowest BCUT2D eigenvalue weighted by atomic mass is 10.2. The second-order valence-corrected chi connectivity index (χ2v) is 3.86. The van der Waals surface area contributed by atoms with Gasteiger partial charge in [0.15, 0.2) is 0 Å². The Kier molecular flexibility index (Phi) is 1.74. The zero-order valence-corrected chi connectivity index (χ0v) is 8.18. The van der Waals surface area contributed by atoms with Gasteiger partial charge in [-0.05, 0) is 31.0 Å². The Morgan fingerprint density at radius 1 is 1.47 bits per heavy atom. The summed E-state index contributed by atoms with van der Waals surface area (Å²) in [6.45, 7) is 0. The highest BCUT2D eigenvalue weighted by atomic mass is 16.1. The summed E-state index contributed by atoms with van der Waals surface area (Å²) in [6, 6.07) is 5.93. The number of hydrogen-bond acceptors (Lipinski definition) is 2. The topological polar surface area (TPSA) is 46.4 Å². The van der Waals surface area contributed by atoms with E-state index in [1.54, 1.807) is 23.0 Å². The lowest BCUT2D eigenvalue weighted by molar-refractivity contribution is 0.0951. The van der Waals surface area contributed by atoms with Crippen molar-refractivity contribution in [2.24, 2.45) is 0 Å². The van der Waals surface area contributed by atoms with Gasteiger partial charge < -0.3 is 5.32 Å². The number of fused-ring (bicyclic) bond motifs is 1. The van der Waals surface area contributed by atoms with Crippen LogP contribution in [0.3, 0.4) is 0 Å². The standard InChI is InChI=1S/C11H11N3O/c15-11(13-9-1-2-9)8-4-6-14-10(7-8)3-5-12-14/h3-7,9H,1-2H2,(H,13,15). The number of nitrogens with one attached hydrogen (secondary N) is 1. The molecule has 2 aromatic rings. The van der Waals surface area contributed by atoms with Gasteiger partial charge in [-0.2, -0.15) is 5.10 Å². The van der Waals surface area contributed by atoms with E-state index in [0.717, 1.165) is 18.4 Å². The Balaban J connectivity index is 1.91. The summed E-state index contributed by atoms with van der Waals surface area (Å²) >= 11 is 0. The first-order chi connectivity index (χ1) is 7.33. The minimum atomic E-state index is 0.0150. The first-order valence-electron chi connectivity index (χ1n) is 5.07. The number of hydrogen-bond donors (Lipinski definition) is 1. The van der Waals surface area contributed by atoms with Gasteiger partial charge in [0, 0.05) is 24.0 Å². The quantitative estimate of drug-likeness (QED) is 0.794. The fourth-order valence-electron chi connectivity index (χ4n) is 1.56. The second-order valence-electron chi connectivity index (χ2n) is 3.86. The van der Waals surface area contributed by atoms with Gasteiger partial charge in [-0.1, -0.05) is 0 Å². The molecule has 76 valence electrons. The van der Waals surface area contributed by atoms with Gasteiger partial charge in [0.05, 0.1) is 5.52 Å². The Bertz CT molecular complexity index is 513. The molecule has 3 rings (SSSR count). The number of carbonyl (C=O) groups excluding carboxylic acids is 1. The largest absolute Gasteiger partial charge is 0.349 e. The molecule has 0 radical (unpaired) electrons. The molecule has 0 bridgehead atoms. The molecule has 0 unspecified atom stereocenters. The predicted molar refractivity (Wildman–Crippen MR) is 55.7 cm³/mol. The number of amides is 1. The summed E-state index contributed by atoms with van der Waals surface area (Å²) < 4.78 is 1.74. The van der Waals surface area contributed by atoms with E-state index >= 15 is 0 Å². The normalized spacial score (nSPS) is 15.5. The van der Waals surface area contributed by atoms with Gasteiger partial charge in [-0.15, -0.1) is 0 Å². The third kappa shape index (κ3) is 1.58. The molecule has 0 saturated heterocycles. The third-order valence-electron chi connectivity index (χ3n) is 2.57. The summed E-state index contributed by atoms with van der Waals surface area (Å²) in [4.78, 5) is 11.7. The van der Waals surface area contributed by atoms with E-state index in [9.17, 15) is 4.79 Å². The highest BCUT2D eigenvalue weighted by Gasteiger charge is 2.23. The zero-order valence-electron chi connectivity index (χ0n) is 8.18. The first kappa shape index (κ1) is 8.47. The third-order valence-corrected chi connectivity index (χ3v) is 2.57. The van der Waals surface area contributed by atoms with Crippen molar-refractivity contribution in [3.8, 4) is 0 Å². The number of aromatic nitrogens is 2.